The van der Waals surface area contributed by atoms with Crippen molar-refractivity contribution in [3.63, 3.8) is 0 Å². The van der Waals surface area contributed by atoms with Gasteiger partial charge in [-0.2, -0.15) is 0 Å². The molecule has 2 fully saturated rings. The zero-order valence-electron chi connectivity index (χ0n) is 15.5. The number of ether oxygens (including phenoxy) is 2. The topological polar surface area (TPSA) is 80.8 Å². The Bertz CT molecular complexity index is 658. The predicted molar refractivity (Wildman–Crippen MR) is 95.8 cm³/mol. The van der Waals surface area contributed by atoms with Crippen LogP contribution in [0.4, 0.5) is 0 Å². The van der Waals surface area contributed by atoms with E-state index in [0.717, 1.165) is 44.6 Å². The van der Waals surface area contributed by atoms with Crippen LogP contribution in [0, 0.1) is 5.92 Å². The molecule has 2 saturated heterocycles. The largest absolute Gasteiger partial charge is 0.465 e. The molecule has 1 aromatic heterocycles. The summed E-state index contributed by atoms with van der Waals surface area (Å²) in [4.78, 5) is 30.8. The second-order valence-corrected chi connectivity index (χ2v) is 7.13. The van der Waals surface area contributed by atoms with E-state index in [1.165, 1.54) is 13.3 Å². The molecule has 1 atom stereocenters. The number of amides is 1. The molecule has 2 aliphatic heterocycles. The number of piperidine rings is 1. The number of likely N-dealkylation sites (tertiary alicyclic amines) is 1. The second kappa shape index (κ2) is 8.14. The van der Waals surface area contributed by atoms with Gasteiger partial charge in [0.1, 0.15) is 5.60 Å². The van der Waals surface area contributed by atoms with Crippen LogP contribution in [-0.2, 0) is 20.7 Å². The third-order valence-electron chi connectivity index (χ3n) is 5.51. The van der Waals surface area contributed by atoms with Crippen LogP contribution in [0.1, 0.15) is 35.2 Å². The Morgan fingerprint density at radius 2 is 2.08 bits per heavy atom. The molecule has 1 N–H and O–H groups in total. The number of esters is 1. The average molecular weight is 361 g/mol. The number of hydrogen-bond acceptors (Lipinski definition) is 6. The number of carbonyl (C=O) groups excluding carboxylic acids is 2. The zero-order valence-corrected chi connectivity index (χ0v) is 15.5. The van der Waals surface area contributed by atoms with Crippen molar-refractivity contribution in [2.45, 2.75) is 31.3 Å². The average Bonchev–Trinajstić information content (AvgIpc) is 3.15. The summed E-state index contributed by atoms with van der Waals surface area (Å²) in [7, 11) is 3.00. The first-order valence-electron chi connectivity index (χ1n) is 9.15. The van der Waals surface area contributed by atoms with Crippen LogP contribution in [0.25, 0.3) is 0 Å². The molecule has 0 bridgehead atoms. The smallest absolute Gasteiger partial charge is 0.339 e. The Morgan fingerprint density at radius 3 is 2.77 bits per heavy atom. The van der Waals surface area contributed by atoms with Crippen molar-refractivity contribution in [3.8, 4) is 0 Å². The molecular formula is C19H27N3O4. The molecule has 142 valence electrons. The lowest BCUT2D eigenvalue weighted by atomic mass is 9.90. The molecule has 0 aliphatic carbocycles. The molecule has 1 aromatic rings. The summed E-state index contributed by atoms with van der Waals surface area (Å²) < 4.78 is 10.4. The first-order chi connectivity index (χ1) is 12.6. The number of hydrogen-bond donors (Lipinski definition) is 1. The maximum absolute atomic E-state index is 13.0. The van der Waals surface area contributed by atoms with Crippen LogP contribution in [0.3, 0.4) is 0 Å². The Hall–Kier alpha value is -1.99. The molecule has 1 unspecified atom stereocenters. The Morgan fingerprint density at radius 1 is 1.31 bits per heavy atom. The minimum atomic E-state index is -0.674. The van der Waals surface area contributed by atoms with Gasteiger partial charge in [0.15, 0.2) is 0 Å². The van der Waals surface area contributed by atoms with Crippen LogP contribution >= 0.6 is 0 Å². The van der Waals surface area contributed by atoms with Crippen molar-refractivity contribution in [3.05, 3.63) is 29.6 Å². The van der Waals surface area contributed by atoms with E-state index in [1.807, 2.05) is 11.0 Å². The van der Waals surface area contributed by atoms with E-state index in [2.05, 4.69) is 10.3 Å². The molecule has 3 rings (SSSR count). The highest BCUT2D eigenvalue weighted by atomic mass is 16.5. The van der Waals surface area contributed by atoms with Crippen LogP contribution in [0.5, 0.6) is 0 Å². The summed E-state index contributed by atoms with van der Waals surface area (Å²) in [5.74, 6) is 0.102. The summed E-state index contributed by atoms with van der Waals surface area (Å²) in [5, 5.41) is 3.28. The van der Waals surface area contributed by atoms with Gasteiger partial charge in [-0.25, -0.2) is 4.79 Å². The van der Waals surface area contributed by atoms with E-state index in [9.17, 15) is 9.59 Å². The highest BCUT2D eigenvalue weighted by molar-refractivity contribution is 5.89. The van der Waals surface area contributed by atoms with Gasteiger partial charge in [-0.1, -0.05) is 0 Å². The summed E-state index contributed by atoms with van der Waals surface area (Å²) >= 11 is 0. The third kappa shape index (κ3) is 3.88. The molecule has 3 heterocycles. The Balaban J connectivity index is 1.62. The fourth-order valence-electron chi connectivity index (χ4n) is 3.97. The van der Waals surface area contributed by atoms with Crippen molar-refractivity contribution < 1.29 is 19.1 Å². The van der Waals surface area contributed by atoms with Crippen LogP contribution in [0.15, 0.2) is 18.5 Å². The minimum absolute atomic E-state index is 0.116. The van der Waals surface area contributed by atoms with E-state index in [0.29, 0.717) is 24.3 Å². The lowest BCUT2D eigenvalue weighted by molar-refractivity contribution is -0.157. The fourth-order valence-corrected chi connectivity index (χ4v) is 3.97. The number of pyridine rings is 1. The quantitative estimate of drug-likeness (QED) is 0.789. The summed E-state index contributed by atoms with van der Waals surface area (Å²) in [6.07, 6.45) is 6.47. The van der Waals surface area contributed by atoms with E-state index >= 15 is 0 Å². The summed E-state index contributed by atoms with van der Waals surface area (Å²) in [6, 6.07) is 1.83. The molecule has 7 heteroatoms. The van der Waals surface area contributed by atoms with Gasteiger partial charge >= 0.3 is 5.97 Å². The van der Waals surface area contributed by atoms with E-state index < -0.39 is 5.60 Å². The number of carbonyl (C=O) groups is 2. The molecule has 0 spiro atoms. The van der Waals surface area contributed by atoms with Crippen LogP contribution in [0.2, 0.25) is 0 Å². The van der Waals surface area contributed by atoms with Crippen molar-refractivity contribution >= 4 is 11.9 Å². The van der Waals surface area contributed by atoms with Gasteiger partial charge < -0.3 is 19.7 Å². The van der Waals surface area contributed by atoms with E-state index in [-0.39, 0.29) is 11.9 Å². The maximum atomic E-state index is 13.0. The summed E-state index contributed by atoms with van der Waals surface area (Å²) in [6.45, 7) is 3.09. The minimum Gasteiger partial charge on any atom is -0.465 e. The van der Waals surface area contributed by atoms with E-state index in [1.54, 1.807) is 13.3 Å². The number of nitrogens with zero attached hydrogens (tertiary/aromatic N) is 2. The number of nitrogens with one attached hydrogen (secondary N) is 1. The van der Waals surface area contributed by atoms with Gasteiger partial charge in [0.05, 0.1) is 12.7 Å². The van der Waals surface area contributed by atoms with Gasteiger partial charge in [-0.3, -0.25) is 9.78 Å². The SMILES string of the molecule is COC(=O)c1cncc(CC2CCN(C(=O)C3(OC)CCNCC3)C2)c1. The number of aromatic nitrogens is 1. The predicted octanol–water partition coefficient (Wildman–Crippen LogP) is 1.03. The Labute approximate surface area is 154 Å². The fraction of sp³-hybridized carbons (Fsp3) is 0.632. The normalized spacial score (nSPS) is 22.2. The van der Waals surface area contributed by atoms with Gasteiger partial charge in [0.2, 0.25) is 0 Å². The molecular weight excluding hydrogens is 334 g/mol. The highest BCUT2D eigenvalue weighted by Crippen LogP contribution is 2.29. The number of methoxy groups -OCH3 is 2. The molecule has 1 amide bonds. The standard InChI is InChI=1S/C19H27N3O4/c1-25-17(23)16-10-15(11-21-12-16)9-14-3-8-22(13-14)18(24)19(26-2)4-6-20-7-5-19/h10-12,14,20H,3-9,13H2,1-2H3. The van der Waals surface area contributed by atoms with Gasteiger partial charge in [0.25, 0.3) is 5.91 Å². The zero-order chi connectivity index (χ0) is 18.6. The van der Waals surface area contributed by atoms with Crippen molar-refractivity contribution in [2.24, 2.45) is 5.92 Å². The van der Waals surface area contributed by atoms with Crippen LogP contribution in [-0.4, -0.2) is 67.8 Å². The van der Waals surface area contributed by atoms with E-state index in [4.69, 9.17) is 9.47 Å². The Kier molecular flexibility index (Phi) is 5.88. The molecule has 0 saturated carbocycles. The number of rotatable bonds is 5. The monoisotopic (exact) mass is 361 g/mol. The second-order valence-electron chi connectivity index (χ2n) is 7.13. The van der Waals surface area contributed by atoms with Gasteiger partial charge in [-0.05, 0) is 56.3 Å². The lowest BCUT2D eigenvalue weighted by Gasteiger charge is -2.37. The molecule has 7 nitrogen and oxygen atoms in total. The van der Waals surface area contributed by atoms with Gasteiger partial charge in [0, 0.05) is 32.6 Å². The first-order valence-corrected chi connectivity index (χ1v) is 9.15. The first kappa shape index (κ1) is 18.8. The molecule has 0 radical (unpaired) electrons. The van der Waals surface area contributed by atoms with Crippen LogP contribution < -0.4 is 5.32 Å². The van der Waals surface area contributed by atoms with Crippen molar-refractivity contribution in [1.82, 2.24) is 15.2 Å². The molecule has 0 aromatic carbocycles. The van der Waals surface area contributed by atoms with Gasteiger partial charge in [-0.15, -0.1) is 0 Å². The maximum Gasteiger partial charge on any atom is 0.339 e. The highest BCUT2D eigenvalue weighted by Gasteiger charge is 2.44. The summed E-state index contributed by atoms with van der Waals surface area (Å²) in [5.41, 5.74) is 0.784. The molecule has 26 heavy (non-hydrogen) atoms. The third-order valence-corrected chi connectivity index (χ3v) is 5.51. The van der Waals surface area contributed by atoms with Crippen molar-refractivity contribution in [2.75, 3.05) is 40.4 Å². The lowest BCUT2D eigenvalue weighted by Crippen LogP contribution is -2.54. The van der Waals surface area contributed by atoms with Crippen molar-refractivity contribution in [1.29, 1.82) is 0 Å². The molecule has 2 aliphatic rings.